The first-order valence-electron chi connectivity index (χ1n) is 17.4. The van der Waals surface area contributed by atoms with Gasteiger partial charge in [-0.05, 0) is 92.6 Å². The third-order valence-corrected chi connectivity index (χ3v) is 12.0. The number of Topliss-reactive ketones (excluding diaryl/α,β-unsaturated/α-hetero) is 1. The maximum absolute atomic E-state index is 15.3. The van der Waals surface area contributed by atoms with Gasteiger partial charge >= 0.3 is 5.97 Å². The lowest BCUT2D eigenvalue weighted by molar-refractivity contribution is -0.0561. The fourth-order valence-electron chi connectivity index (χ4n) is 7.57. The number of hydrogen-bond acceptors (Lipinski definition) is 6. The number of hydrogen-bond donors (Lipinski definition) is 1. The molecule has 1 aliphatic carbocycles. The maximum Gasteiger partial charge on any atom is 0.335 e. The summed E-state index contributed by atoms with van der Waals surface area (Å²) in [6.45, 7) is 6.22. The van der Waals surface area contributed by atoms with Gasteiger partial charge in [-0.3, -0.25) is 9.69 Å². The van der Waals surface area contributed by atoms with Crippen LogP contribution in [0.1, 0.15) is 87.4 Å². The molecule has 8 rings (SSSR count). The van der Waals surface area contributed by atoms with Gasteiger partial charge in [0.05, 0.1) is 29.2 Å². The van der Waals surface area contributed by atoms with Gasteiger partial charge in [0.2, 0.25) is 0 Å². The van der Waals surface area contributed by atoms with Crippen LogP contribution in [0, 0.1) is 11.7 Å². The van der Waals surface area contributed by atoms with Crippen LogP contribution in [0.4, 0.5) is 4.39 Å². The summed E-state index contributed by atoms with van der Waals surface area (Å²) in [5.74, 6) is 0.790. The molecular weight excluding hydrogens is 638 g/mol. The number of para-hydroxylation sites is 1. The maximum atomic E-state index is 15.3. The second-order valence-electron chi connectivity index (χ2n) is 13.8. The zero-order valence-corrected chi connectivity index (χ0v) is 28.6. The Hall–Kier alpha value is -4.12. The molecule has 4 heterocycles. The summed E-state index contributed by atoms with van der Waals surface area (Å²) in [4.78, 5) is 31.8. The minimum Gasteiger partial charge on any atom is -0.481 e. The predicted molar refractivity (Wildman–Crippen MR) is 186 cm³/mol. The van der Waals surface area contributed by atoms with E-state index in [1.54, 1.807) is 24.3 Å². The van der Waals surface area contributed by atoms with Crippen molar-refractivity contribution >= 4 is 38.4 Å². The lowest BCUT2D eigenvalue weighted by Gasteiger charge is -2.35. The molecule has 3 aliphatic heterocycles. The van der Waals surface area contributed by atoms with Gasteiger partial charge in [0.15, 0.2) is 5.78 Å². The minimum atomic E-state index is -0.938. The third-order valence-electron chi connectivity index (χ3n) is 10.7. The highest BCUT2D eigenvalue weighted by molar-refractivity contribution is 6.36. The Morgan fingerprint density at radius 2 is 1.82 bits per heavy atom. The number of nitrogens with zero attached hydrogens (tertiary/aromatic N) is 3. The molecule has 2 radical (unpaired) electrons. The van der Waals surface area contributed by atoms with Crippen molar-refractivity contribution < 1.29 is 28.6 Å². The zero-order valence-electron chi connectivity index (χ0n) is 27.6. The SMILES string of the molecule is C[Si]C(Cn1c(CN2CCC(c3cccc4c3OC(c3ccc(C(=O)C5CC5)cc3F)C=C4)CC2)nc2ccc(C(=O)O)cc21)C1CCO1. The van der Waals surface area contributed by atoms with Gasteiger partial charge in [0, 0.05) is 45.3 Å². The second-order valence-corrected chi connectivity index (χ2v) is 15.1. The summed E-state index contributed by atoms with van der Waals surface area (Å²) in [6.07, 6.45) is 8.32. The molecule has 3 unspecified atom stereocenters. The molecule has 1 N–H and O–H groups in total. The van der Waals surface area contributed by atoms with E-state index < -0.39 is 17.9 Å². The van der Waals surface area contributed by atoms with E-state index in [-0.39, 0.29) is 23.4 Å². The number of carboxylic acid groups (broad SMARTS) is 1. The summed E-state index contributed by atoms with van der Waals surface area (Å²) in [6, 6.07) is 16.2. The number of fused-ring (bicyclic) bond motifs is 2. The second kappa shape index (κ2) is 13.3. The molecule has 4 aromatic rings. The Bertz CT molecular complexity index is 1940. The molecule has 3 fully saturated rings. The number of carboxylic acids is 1. The van der Waals surface area contributed by atoms with E-state index in [1.807, 2.05) is 24.3 Å². The van der Waals surface area contributed by atoms with E-state index in [0.717, 1.165) is 92.1 Å². The minimum absolute atomic E-state index is 0.0304. The summed E-state index contributed by atoms with van der Waals surface area (Å²) in [5.41, 5.74) is 5.33. The first-order valence-corrected chi connectivity index (χ1v) is 19.0. The standard InChI is InChI=1S/C39H40FN3O5Si/c1-49-35(34-15-18-47-34)21-43-32-20-27(39(45)46)8-11-31(32)41-36(43)22-42-16-13-23(14-17-42)28-4-2-3-25-9-12-33(48-38(25)28)29-10-7-26(19-30(29)40)37(44)24-5-6-24/h2-4,7-12,19-20,23-24,33-35H,5-6,13-18,21-22H2,1H3,(H,45,46). The summed E-state index contributed by atoms with van der Waals surface area (Å²) in [5, 5.41) is 9.69. The number of rotatable bonds is 11. The Kier molecular flexibility index (Phi) is 8.71. The lowest BCUT2D eigenvalue weighted by atomic mass is 9.87. The Morgan fingerprint density at radius 3 is 2.51 bits per heavy atom. The molecule has 2 saturated heterocycles. The summed E-state index contributed by atoms with van der Waals surface area (Å²) < 4.78 is 30.0. The van der Waals surface area contributed by atoms with Crippen molar-refractivity contribution in [2.75, 3.05) is 19.7 Å². The lowest BCUT2D eigenvalue weighted by Crippen LogP contribution is -2.36. The van der Waals surface area contributed by atoms with Crippen LogP contribution in [0.3, 0.4) is 0 Å². The normalized spacial score (nSPS) is 21.6. The molecule has 0 spiro atoms. The first kappa shape index (κ1) is 32.1. The number of likely N-dealkylation sites (tertiary alicyclic amines) is 1. The van der Waals surface area contributed by atoms with E-state index in [9.17, 15) is 14.7 Å². The van der Waals surface area contributed by atoms with Crippen LogP contribution in [-0.2, 0) is 17.8 Å². The molecule has 4 aliphatic rings. The predicted octanol–water partition coefficient (Wildman–Crippen LogP) is 7.32. The number of ether oxygens (including phenoxy) is 2. The molecule has 1 saturated carbocycles. The van der Waals surface area contributed by atoms with E-state index in [1.165, 1.54) is 6.07 Å². The zero-order chi connectivity index (χ0) is 33.6. The molecule has 8 nitrogen and oxygen atoms in total. The van der Waals surface area contributed by atoms with Crippen molar-refractivity contribution in [3.05, 3.63) is 100 Å². The van der Waals surface area contributed by atoms with Crippen LogP contribution in [0.2, 0.25) is 12.1 Å². The van der Waals surface area contributed by atoms with Gasteiger partial charge in [0.25, 0.3) is 0 Å². The number of carbonyl (C=O) groups is 2. The quantitative estimate of drug-likeness (QED) is 0.131. The smallest absolute Gasteiger partial charge is 0.335 e. The number of ketones is 1. The Labute approximate surface area is 287 Å². The molecule has 49 heavy (non-hydrogen) atoms. The number of aromatic carboxylic acids is 1. The molecule has 0 bridgehead atoms. The van der Waals surface area contributed by atoms with Crippen LogP contribution in [-0.4, -0.2) is 66.6 Å². The largest absolute Gasteiger partial charge is 0.481 e. The van der Waals surface area contributed by atoms with Crippen LogP contribution in [0.25, 0.3) is 17.1 Å². The van der Waals surface area contributed by atoms with Gasteiger partial charge < -0.3 is 19.1 Å². The van der Waals surface area contributed by atoms with Crippen LogP contribution < -0.4 is 4.74 Å². The van der Waals surface area contributed by atoms with E-state index in [0.29, 0.717) is 38.7 Å². The van der Waals surface area contributed by atoms with Crippen molar-refractivity contribution in [1.82, 2.24) is 14.5 Å². The summed E-state index contributed by atoms with van der Waals surface area (Å²) >= 11 is 0. The van der Waals surface area contributed by atoms with Crippen LogP contribution >= 0.6 is 0 Å². The third kappa shape index (κ3) is 6.37. The fourth-order valence-corrected chi connectivity index (χ4v) is 8.57. The highest BCUT2D eigenvalue weighted by Gasteiger charge is 2.33. The number of imidazole rings is 1. The van der Waals surface area contributed by atoms with E-state index >= 15 is 4.39 Å². The van der Waals surface area contributed by atoms with Crippen molar-refractivity contribution in [2.45, 2.75) is 75.4 Å². The average Bonchev–Trinajstić information content (AvgIpc) is 3.89. The highest BCUT2D eigenvalue weighted by Crippen LogP contribution is 2.42. The molecular formula is C39H40FN3O5Si. The van der Waals surface area contributed by atoms with Crippen LogP contribution in [0.15, 0.2) is 60.7 Å². The molecule has 3 aromatic carbocycles. The number of aromatic nitrogens is 2. The Morgan fingerprint density at radius 1 is 1.02 bits per heavy atom. The van der Waals surface area contributed by atoms with E-state index in [4.69, 9.17) is 14.5 Å². The van der Waals surface area contributed by atoms with Gasteiger partial charge in [-0.15, -0.1) is 0 Å². The number of carbonyl (C=O) groups excluding carboxylic acids is 1. The molecule has 1 aromatic heterocycles. The average molecular weight is 678 g/mol. The topological polar surface area (TPSA) is 93.9 Å². The van der Waals surface area contributed by atoms with Gasteiger partial charge in [-0.1, -0.05) is 43.0 Å². The number of halogens is 1. The molecule has 252 valence electrons. The Balaban J connectivity index is 0.981. The summed E-state index contributed by atoms with van der Waals surface area (Å²) in [7, 11) is 0.708. The van der Waals surface area contributed by atoms with Crippen molar-refractivity contribution in [2.24, 2.45) is 5.92 Å². The van der Waals surface area contributed by atoms with Gasteiger partial charge in [-0.25, -0.2) is 14.2 Å². The van der Waals surface area contributed by atoms with Crippen molar-refractivity contribution in [3.8, 4) is 5.75 Å². The number of benzene rings is 3. The highest BCUT2D eigenvalue weighted by atomic mass is 28.2. The van der Waals surface area contributed by atoms with Gasteiger partial charge in [0.1, 0.15) is 23.5 Å². The monoisotopic (exact) mass is 677 g/mol. The first-order chi connectivity index (χ1) is 23.9. The molecule has 0 amide bonds. The van der Waals surface area contributed by atoms with E-state index in [2.05, 4.69) is 28.1 Å². The van der Waals surface area contributed by atoms with Crippen molar-refractivity contribution in [1.29, 1.82) is 0 Å². The number of piperidine rings is 1. The van der Waals surface area contributed by atoms with Crippen LogP contribution in [0.5, 0.6) is 5.75 Å². The molecule has 10 heteroatoms. The molecule has 3 atom stereocenters. The van der Waals surface area contributed by atoms with Gasteiger partial charge in [-0.2, -0.15) is 0 Å². The van der Waals surface area contributed by atoms with Crippen molar-refractivity contribution in [3.63, 3.8) is 0 Å². The fraction of sp³-hybridized carbons (Fsp3) is 0.410.